The highest BCUT2D eigenvalue weighted by molar-refractivity contribution is 5.66. The van der Waals surface area contributed by atoms with E-state index in [0.29, 0.717) is 12.7 Å². The van der Waals surface area contributed by atoms with Gasteiger partial charge in [0.2, 0.25) is 0 Å². The van der Waals surface area contributed by atoms with Crippen LogP contribution in [0.15, 0.2) is 0 Å². The van der Waals surface area contributed by atoms with Crippen LogP contribution in [0, 0.1) is 16.0 Å². The van der Waals surface area contributed by atoms with Gasteiger partial charge < -0.3 is 4.79 Å². The quantitative estimate of drug-likeness (QED) is 0.256. The predicted molar refractivity (Wildman–Crippen MR) is 50.5 cm³/mol. The number of aldehydes is 2. The van der Waals surface area contributed by atoms with Crippen molar-refractivity contribution in [3.8, 4) is 0 Å². The number of carbonyl (C=O) groups is 2. The van der Waals surface area contributed by atoms with E-state index in [1.807, 2.05) is 6.92 Å². The first kappa shape index (κ1) is 12.7. The minimum Gasteiger partial charge on any atom is -0.303 e. The summed E-state index contributed by atoms with van der Waals surface area (Å²) in [6.45, 7) is 2.00. The Kier molecular flexibility index (Phi) is 6.53. The second-order valence-electron chi connectivity index (χ2n) is 3.21. The van der Waals surface area contributed by atoms with Gasteiger partial charge in [0.1, 0.15) is 6.29 Å². The van der Waals surface area contributed by atoms with Crippen LogP contribution in [-0.2, 0) is 9.59 Å². The van der Waals surface area contributed by atoms with Crippen LogP contribution in [0.25, 0.3) is 0 Å². The number of unbranched alkanes of at least 4 members (excludes halogenated alkanes) is 2. The second kappa shape index (κ2) is 7.17. The van der Waals surface area contributed by atoms with Crippen LogP contribution in [-0.4, -0.2) is 23.5 Å². The third kappa shape index (κ3) is 4.11. The molecule has 2 atom stereocenters. The van der Waals surface area contributed by atoms with Crippen LogP contribution < -0.4 is 0 Å². The zero-order valence-electron chi connectivity index (χ0n) is 8.22. The molecule has 0 N–H and O–H groups in total. The fourth-order valence-electron chi connectivity index (χ4n) is 1.26. The van der Waals surface area contributed by atoms with E-state index in [-0.39, 0.29) is 6.29 Å². The molecule has 0 heterocycles. The largest absolute Gasteiger partial charge is 0.303 e. The molecule has 5 nitrogen and oxygen atoms in total. The summed E-state index contributed by atoms with van der Waals surface area (Å²) in [6, 6.07) is -1.37. The monoisotopic (exact) mass is 201 g/mol. The Hall–Kier alpha value is -1.26. The molecule has 14 heavy (non-hydrogen) atoms. The van der Waals surface area contributed by atoms with Crippen molar-refractivity contribution >= 4 is 12.6 Å². The van der Waals surface area contributed by atoms with Gasteiger partial charge >= 0.3 is 0 Å². The summed E-state index contributed by atoms with van der Waals surface area (Å²) in [4.78, 5) is 30.6. The third-order valence-electron chi connectivity index (χ3n) is 2.14. The lowest BCUT2D eigenvalue weighted by atomic mass is 9.96. The van der Waals surface area contributed by atoms with Crippen molar-refractivity contribution in [3.63, 3.8) is 0 Å². The van der Waals surface area contributed by atoms with E-state index < -0.39 is 16.9 Å². The molecule has 0 saturated heterocycles. The van der Waals surface area contributed by atoms with E-state index in [0.717, 1.165) is 19.3 Å². The fourth-order valence-corrected chi connectivity index (χ4v) is 1.26. The van der Waals surface area contributed by atoms with Crippen molar-refractivity contribution in [1.29, 1.82) is 0 Å². The third-order valence-corrected chi connectivity index (χ3v) is 2.14. The molecule has 0 bridgehead atoms. The van der Waals surface area contributed by atoms with Crippen molar-refractivity contribution in [2.75, 3.05) is 0 Å². The molecule has 0 radical (unpaired) electrons. The van der Waals surface area contributed by atoms with Gasteiger partial charge in [0.15, 0.2) is 6.29 Å². The molecule has 0 aliphatic heterocycles. The first-order chi connectivity index (χ1) is 6.67. The van der Waals surface area contributed by atoms with Crippen LogP contribution in [0.4, 0.5) is 0 Å². The van der Waals surface area contributed by atoms with Gasteiger partial charge in [-0.3, -0.25) is 14.9 Å². The van der Waals surface area contributed by atoms with E-state index in [4.69, 9.17) is 0 Å². The SMILES string of the molecule is CCCCCC(C=O)C(C=O)[N+](=O)[O-]. The van der Waals surface area contributed by atoms with Gasteiger partial charge in [-0.25, -0.2) is 0 Å². The highest BCUT2D eigenvalue weighted by atomic mass is 16.6. The Balaban J connectivity index is 4.15. The summed E-state index contributed by atoms with van der Waals surface area (Å²) in [5.74, 6) is -0.769. The summed E-state index contributed by atoms with van der Waals surface area (Å²) in [5.41, 5.74) is 0. The smallest absolute Gasteiger partial charge is 0.276 e. The van der Waals surface area contributed by atoms with E-state index in [1.165, 1.54) is 0 Å². The van der Waals surface area contributed by atoms with Crippen molar-refractivity contribution in [2.24, 2.45) is 5.92 Å². The molecule has 0 saturated carbocycles. The maximum atomic E-state index is 10.5. The average Bonchev–Trinajstić information content (AvgIpc) is 2.16. The molecular formula is C9H15NO4. The van der Waals surface area contributed by atoms with Crippen molar-refractivity contribution < 1.29 is 14.5 Å². The number of hydrogen-bond acceptors (Lipinski definition) is 4. The number of nitrogens with zero attached hydrogens (tertiary/aromatic N) is 1. The molecule has 0 aliphatic rings. The van der Waals surface area contributed by atoms with Gasteiger partial charge in [-0.05, 0) is 6.42 Å². The molecule has 0 aliphatic carbocycles. The predicted octanol–water partition coefficient (Wildman–Crippen LogP) is 1.23. The normalized spacial score (nSPS) is 14.4. The van der Waals surface area contributed by atoms with Gasteiger partial charge in [-0.2, -0.15) is 0 Å². The van der Waals surface area contributed by atoms with Gasteiger partial charge in [0.25, 0.3) is 6.04 Å². The Morgan fingerprint density at radius 2 is 1.93 bits per heavy atom. The van der Waals surface area contributed by atoms with Gasteiger partial charge in [-0.15, -0.1) is 0 Å². The van der Waals surface area contributed by atoms with Gasteiger partial charge in [0, 0.05) is 4.92 Å². The van der Waals surface area contributed by atoms with Crippen molar-refractivity contribution in [2.45, 2.75) is 38.6 Å². The molecule has 2 unspecified atom stereocenters. The second-order valence-corrected chi connectivity index (χ2v) is 3.21. The summed E-state index contributed by atoms with van der Waals surface area (Å²) in [5, 5.41) is 10.4. The van der Waals surface area contributed by atoms with E-state index in [9.17, 15) is 19.7 Å². The summed E-state index contributed by atoms with van der Waals surface area (Å²) in [7, 11) is 0. The highest BCUT2D eigenvalue weighted by Gasteiger charge is 2.29. The topological polar surface area (TPSA) is 77.3 Å². The number of hydrogen-bond donors (Lipinski definition) is 0. The summed E-state index contributed by atoms with van der Waals surface area (Å²) < 4.78 is 0. The number of nitro groups is 1. The zero-order valence-corrected chi connectivity index (χ0v) is 8.22. The van der Waals surface area contributed by atoms with Gasteiger partial charge in [-0.1, -0.05) is 26.2 Å². The Bertz CT molecular complexity index is 205. The minimum absolute atomic E-state index is 0.241. The maximum absolute atomic E-state index is 10.5. The van der Waals surface area contributed by atoms with E-state index in [2.05, 4.69) is 0 Å². The van der Waals surface area contributed by atoms with Crippen molar-refractivity contribution in [3.05, 3.63) is 10.1 Å². The number of rotatable bonds is 8. The molecule has 0 amide bonds. The standard InChI is InChI=1S/C9H15NO4/c1-2-3-4-5-8(6-11)9(7-12)10(13)14/h6-9H,2-5H2,1H3. The van der Waals surface area contributed by atoms with Crippen molar-refractivity contribution in [1.82, 2.24) is 0 Å². The zero-order chi connectivity index (χ0) is 11.0. The lowest BCUT2D eigenvalue weighted by Crippen LogP contribution is -2.31. The van der Waals surface area contributed by atoms with Crippen LogP contribution in [0.3, 0.4) is 0 Å². The van der Waals surface area contributed by atoms with Gasteiger partial charge in [0.05, 0.1) is 5.92 Å². The van der Waals surface area contributed by atoms with E-state index >= 15 is 0 Å². The fraction of sp³-hybridized carbons (Fsp3) is 0.778. The maximum Gasteiger partial charge on any atom is 0.276 e. The van der Waals surface area contributed by atoms with Crippen LogP contribution in [0.5, 0.6) is 0 Å². The number of carbonyl (C=O) groups excluding carboxylic acids is 2. The first-order valence-electron chi connectivity index (χ1n) is 4.71. The average molecular weight is 201 g/mol. The molecule has 0 fully saturated rings. The van der Waals surface area contributed by atoms with Crippen LogP contribution >= 0.6 is 0 Å². The molecule has 0 aromatic rings. The Morgan fingerprint density at radius 3 is 2.29 bits per heavy atom. The van der Waals surface area contributed by atoms with Crippen LogP contribution in [0.2, 0.25) is 0 Å². The molecule has 0 spiro atoms. The molecule has 0 aromatic carbocycles. The summed E-state index contributed by atoms with van der Waals surface area (Å²) in [6.07, 6.45) is 3.83. The molecule has 0 aromatic heterocycles. The molecular weight excluding hydrogens is 186 g/mol. The Morgan fingerprint density at radius 1 is 1.29 bits per heavy atom. The summed E-state index contributed by atoms with van der Waals surface area (Å²) >= 11 is 0. The van der Waals surface area contributed by atoms with Crippen LogP contribution in [0.1, 0.15) is 32.6 Å². The molecule has 5 heteroatoms. The van der Waals surface area contributed by atoms with E-state index in [1.54, 1.807) is 0 Å². The molecule has 0 rings (SSSR count). The lowest BCUT2D eigenvalue weighted by molar-refractivity contribution is -0.511. The minimum atomic E-state index is -1.37. The highest BCUT2D eigenvalue weighted by Crippen LogP contribution is 2.12. The Labute approximate surface area is 82.6 Å². The lowest BCUT2D eigenvalue weighted by Gasteiger charge is -2.09. The first-order valence-corrected chi connectivity index (χ1v) is 4.71. The molecule has 80 valence electrons.